The van der Waals surface area contributed by atoms with Gasteiger partial charge >= 0.3 is 5.97 Å². The number of carbonyl (C=O) groups is 2. The Bertz CT molecular complexity index is 587. The van der Waals surface area contributed by atoms with E-state index < -0.39 is 5.97 Å². The molecule has 0 bridgehead atoms. The largest absolute Gasteiger partial charge is 0.496 e. The lowest BCUT2D eigenvalue weighted by molar-refractivity contribution is 0.0731. The molecule has 0 amide bonds. The van der Waals surface area contributed by atoms with Crippen molar-refractivity contribution in [2.45, 2.75) is 0 Å². The number of methoxy groups -OCH3 is 1. The van der Waals surface area contributed by atoms with Crippen LogP contribution in [-0.4, -0.2) is 19.4 Å². The Morgan fingerprint density at radius 3 is 2.37 bits per heavy atom. The molecule has 0 heterocycles. The zero-order chi connectivity index (χ0) is 13.7. The normalized spacial score (nSPS) is 9.74. The molecule has 0 aliphatic rings. The van der Waals surface area contributed by atoms with Crippen LogP contribution in [0, 0.1) is 0 Å². The first kappa shape index (κ1) is 12.8. The zero-order valence-electron chi connectivity index (χ0n) is 10.3. The van der Waals surface area contributed by atoms with Crippen LogP contribution in [0.2, 0.25) is 0 Å². The summed E-state index contributed by atoms with van der Waals surface area (Å²) in [6, 6.07) is 13.1. The fourth-order valence-corrected chi connectivity index (χ4v) is 1.59. The van der Waals surface area contributed by atoms with Crippen molar-refractivity contribution in [3.63, 3.8) is 0 Å². The summed E-state index contributed by atoms with van der Waals surface area (Å²) in [5.41, 5.74) is 0.876. The van der Waals surface area contributed by atoms with Crippen LogP contribution in [0.1, 0.15) is 20.7 Å². The van der Waals surface area contributed by atoms with Crippen LogP contribution in [0.25, 0.3) is 0 Å². The Morgan fingerprint density at radius 1 is 1.05 bits per heavy atom. The van der Waals surface area contributed by atoms with E-state index in [4.69, 9.17) is 9.47 Å². The molecule has 96 valence electrons. The van der Waals surface area contributed by atoms with E-state index in [9.17, 15) is 9.59 Å². The first-order valence-corrected chi connectivity index (χ1v) is 5.65. The maximum atomic E-state index is 12.0. The summed E-state index contributed by atoms with van der Waals surface area (Å²) in [7, 11) is 1.49. The number of esters is 1. The molecule has 0 spiro atoms. The minimum Gasteiger partial charge on any atom is -0.496 e. The van der Waals surface area contributed by atoms with Gasteiger partial charge in [0, 0.05) is 5.56 Å². The van der Waals surface area contributed by atoms with Gasteiger partial charge in [0.15, 0.2) is 0 Å². The third kappa shape index (κ3) is 2.98. The van der Waals surface area contributed by atoms with Crippen molar-refractivity contribution in [1.82, 2.24) is 0 Å². The maximum absolute atomic E-state index is 12.0. The number of hydrogen-bond acceptors (Lipinski definition) is 4. The van der Waals surface area contributed by atoms with Crippen molar-refractivity contribution in [2.75, 3.05) is 7.11 Å². The molecule has 19 heavy (non-hydrogen) atoms. The monoisotopic (exact) mass is 256 g/mol. The van der Waals surface area contributed by atoms with E-state index in [1.165, 1.54) is 7.11 Å². The van der Waals surface area contributed by atoms with Gasteiger partial charge in [-0.25, -0.2) is 4.79 Å². The average molecular weight is 256 g/mol. The molecule has 0 unspecified atom stereocenters. The predicted molar refractivity (Wildman–Crippen MR) is 69.8 cm³/mol. The van der Waals surface area contributed by atoms with E-state index >= 15 is 0 Å². The summed E-state index contributed by atoms with van der Waals surface area (Å²) in [6.45, 7) is 0. The van der Waals surface area contributed by atoms with Gasteiger partial charge < -0.3 is 9.47 Å². The first-order valence-electron chi connectivity index (χ1n) is 5.65. The number of hydrogen-bond donors (Lipinski definition) is 0. The highest BCUT2D eigenvalue weighted by molar-refractivity contribution is 5.94. The van der Waals surface area contributed by atoms with Crippen molar-refractivity contribution in [3.05, 3.63) is 59.7 Å². The molecule has 0 saturated carbocycles. The molecule has 0 atom stereocenters. The number of para-hydroxylation sites is 1. The van der Waals surface area contributed by atoms with Crippen LogP contribution in [0.5, 0.6) is 11.5 Å². The van der Waals surface area contributed by atoms with Crippen LogP contribution in [-0.2, 0) is 0 Å². The van der Waals surface area contributed by atoms with Gasteiger partial charge in [-0.2, -0.15) is 0 Å². The Morgan fingerprint density at radius 2 is 1.74 bits per heavy atom. The van der Waals surface area contributed by atoms with Crippen molar-refractivity contribution in [2.24, 2.45) is 0 Å². The van der Waals surface area contributed by atoms with Crippen LogP contribution < -0.4 is 9.47 Å². The minimum atomic E-state index is -0.503. The quantitative estimate of drug-likeness (QED) is 0.479. The van der Waals surface area contributed by atoms with Gasteiger partial charge in [0.05, 0.1) is 7.11 Å². The third-order valence-electron chi connectivity index (χ3n) is 2.55. The van der Waals surface area contributed by atoms with E-state index in [1.54, 1.807) is 48.5 Å². The van der Waals surface area contributed by atoms with Gasteiger partial charge in [0.2, 0.25) is 0 Å². The lowest BCUT2D eigenvalue weighted by atomic mass is 10.2. The smallest absolute Gasteiger partial charge is 0.347 e. The van der Waals surface area contributed by atoms with Crippen LogP contribution in [0.3, 0.4) is 0 Å². The number of ether oxygens (including phenoxy) is 2. The summed E-state index contributed by atoms with van der Waals surface area (Å²) in [5, 5.41) is 0. The molecule has 0 aliphatic heterocycles. The van der Waals surface area contributed by atoms with E-state index in [0.29, 0.717) is 22.6 Å². The molecule has 2 aromatic carbocycles. The standard InChI is InChI=1S/C15H12O4/c1-18-14-5-3-2-4-13(14)15(17)19-12-8-6-11(10-16)7-9-12/h2-10H,1H3. The second kappa shape index (κ2) is 5.82. The number of aldehydes is 1. The topological polar surface area (TPSA) is 52.6 Å². The van der Waals surface area contributed by atoms with E-state index in [2.05, 4.69) is 0 Å². The number of benzene rings is 2. The summed E-state index contributed by atoms with van der Waals surface area (Å²) in [4.78, 5) is 22.5. The molecule has 0 radical (unpaired) electrons. The third-order valence-corrected chi connectivity index (χ3v) is 2.55. The number of rotatable bonds is 4. The van der Waals surface area contributed by atoms with E-state index in [1.807, 2.05) is 0 Å². The van der Waals surface area contributed by atoms with Crippen molar-refractivity contribution < 1.29 is 19.1 Å². The van der Waals surface area contributed by atoms with Gasteiger partial charge in [0.1, 0.15) is 23.3 Å². The Kier molecular flexibility index (Phi) is 3.93. The van der Waals surface area contributed by atoms with Crippen LogP contribution in [0.4, 0.5) is 0 Å². The van der Waals surface area contributed by atoms with Crippen LogP contribution >= 0.6 is 0 Å². The average Bonchev–Trinajstić information content (AvgIpc) is 2.48. The highest BCUT2D eigenvalue weighted by Crippen LogP contribution is 2.20. The molecular weight excluding hydrogens is 244 g/mol. The summed E-state index contributed by atoms with van der Waals surface area (Å²) in [5.74, 6) is 0.329. The van der Waals surface area contributed by atoms with Gasteiger partial charge in [-0.15, -0.1) is 0 Å². The fourth-order valence-electron chi connectivity index (χ4n) is 1.59. The molecule has 4 nitrogen and oxygen atoms in total. The van der Waals surface area contributed by atoms with Crippen molar-refractivity contribution in [1.29, 1.82) is 0 Å². The second-order valence-corrected chi connectivity index (χ2v) is 3.78. The lowest BCUT2D eigenvalue weighted by Gasteiger charge is -2.08. The zero-order valence-corrected chi connectivity index (χ0v) is 10.3. The molecule has 2 aromatic rings. The molecule has 4 heteroatoms. The summed E-state index contributed by atoms with van der Waals surface area (Å²) >= 11 is 0. The van der Waals surface area contributed by atoms with Crippen molar-refractivity contribution in [3.8, 4) is 11.5 Å². The van der Waals surface area contributed by atoms with E-state index in [-0.39, 0.29) is 0 Å². The second-order valence-electron chi connectivity index (χ2n) is 3.78. The molecule has 2 rings (SSSR count). The molecule has 0 aromatic heterocycles. The molecule has 0 fully saturated rings. The van der Waals surface area contributed by atoms with Gasteiger partial charge in [-0.3, -0.25) is 4.79 Å². The van der Waals surface area contributed by atoms with Crippen LogP contribution in [0.15, 0.2) is 48.5 Å². The minimum absolute atomic E-state index is 0.351. The van der Waals surface area contributed by atoms with E-state index in [0.717, 1.165) is 6.29 Å². The highest BCUT2D eigenvalue weighted by Gasteiger charge is 2.13. The Labute approximate surface area is 110 Å². The van der Waals surface area contributed by atoms with Gasteiger partial charge in [-0.1, -0.05) is 12.1 Å². The molecule has 0 N–H and O–H groups in total. The van der Waals surface area contributed by atoms with Gasteiger partial charge in [0.25, 0.3) is 0 Å². The maximum Gasteiger partial charge on any atom is 0.347 e. The summed E-state index contributed by atoms with van der Waals surface area (Å²) in [6.07, 6.45) is 0.728. The molecule has 0 saturated heterocycles. The molecular formula is C15H12O4. The Balaban J connectivity index is 2.18. The lowest BCUT2D eigenvalue weighted by Crippen LogP contribution is -2.10. The summed E-state index contributed by atoms with van der Waals surface area (Å²) < 4.78 is 10.3. The van der Waals surface area contributed by atoms with Gasteiger partial charge in [-0.05, 0) is 36.4 Å². The van der Waals surface area contributed by atoms with Crippen molar-refractivity contribution >= 4 is 12.3 Å². The SMILES string of the molecule is COc1ccccc1C(=O)Oc1ccc(C=O)cc1. The number of carbonyl (C=O) groups excluding carboxylic acids is 2. The fraction of sp³-hybridized carbons (Fsp3) is 0.0667. The highest BCUT2D eigenvalue weighted by atomic mass is 16.5. The first-order chi connectivity index (χ1) is 9.24. The molecule has 0 aliphatic carbocycles. The Hall–Kier alpha value is -2.62. The predicted octanol–water partition coefficient (Wildman–Crippen LogP) is 2.73.